The second kappa shape index (κ2) is 11.0. The summed E-state index contributed by atoms with van der Waals surface area (Å²) in [6.45, 7) is 3.54. The number of benzene rings is 1. The fourth-order valence-electron chi connectivity index (χ4n) is 3.32. The zero-order valence-electron chi connectivity index (χ0n) is 18.4. The average molecular weight is 616 g/mol. The van der Waals surface area contributed by atoms with Gasteiger partial charge in [0, 0.05) is 0 Å². The molecule has 34 heavy (non-hydrogen) atoms. The van der Waals surface area contributed by atoms with E-state index < -0.39 is 33.3 Å². The Hall–Kier alpha value is -2.30. The SMILES string of the molecule is CCCc1nc(Oc2ccc(Cl)cc2)ccc1C1=NOC2C=C(Cl)C(O[C@@H](C)C(=O)O)=CC1[I-]2. The molecule has 180 valence electrons. The Morgan fingerprint density at radius 2 is 1.97 bits per heavy atom. The monoisotopic (exact) mass is 615 g/mol. The zero-order valence-corrected chi connectivity index (χ0v) is 22.0. The van der Waals surface area contributed by atoms with E-state index in [9.17, 15) is 9.90 Å². The van der Waals surface area contributed by atoms with Crippen molar-refractivity contribution in [2.24, 2.45) is 5.16 Å². The van der Waals surface area contributed by atoms with Gasteiger partial charge in [0.15, 0.2) is 0 Å². The van der Waals surface area contributed by atoms with Gasteiger partial charge < -0.3 is 0 Å². The summed E-state index contributed by atoms with van der Waals surface area (Å²) >= 11 is 11.8. The quantitative estimate of drug-likeness (QED) is 0.363. The van der Waals surface area contributed by atoms with Gasteiger partial charge in [0.25, 0.3) is 0 Å². The standard InChI is InChI=1S/C24H22Cl2IN2O5/c1-3-4-19-16(9-10-22(28-19)33-15-7-5-14(25)6-8-15)23-18-12-20(32-13(2)24(30)31)17(26)11-21(27-18)34-29-23/h5-13,18,21H,3-4H2,1-2H3,(H,30,31)/q-1/t13-,18?,21?/m0/s1. The van der Waals surface area contributed by atoms with Crippen molar-refractivity contribution < 1.29 is 45.4 Å². The van der Waals surface area contributed by atoms with Gasteiger partial charge in [0.05, 0.1) is 0 Å². The molecule has 3 atom stereocenters. The third-order valence-electron chi connectivity index (χ3n) is 4.98. The molecule has 0 amide bonds. The van der Waals surface area contributed by atoms with Crippen LogP contribution in [0.3, 0.4) is 0 Å². The van der Waals surface area contributed by atoms with Crippen LogP contribution in [0.4, 0.5) is 0 Å². The minimum atomic E-state index is -1.07. The van der Waals surface area contributed by atoms with E-state index in [2.05, 4.69) is 12.1 Å². The number of nitrogens with zero attached hydrogens (tertiary/aromatic N) is 2. The van der Waals surface area contributed by atoms with Gasteiger partial charge in [-0.15, -0.1) is 0 Å². The fourth-order valence-corrected chi connectivity index (χ4v) is 6.78. The molecule has 10 heteroatoms. The molecule has 0 spiro atoms. The summed E-state index contributed by atoms with van der Waals surface area (Å²) in [7, 11) is 0. The van der Waals surface area contributed by atoms with Crippen LogP contribution in [0, 0.1) is 0 Å². The van der Waals surface area contributed by atoms with E-state index in [4.69, 9.17) is 42.5 Å². The summed E-state index contributed by atoms with van der Waals surface area (Å²) in [6, 6.07) is 10.8. The van der Waals surface area contributed by atoms with Crippen LogP contribution in [0.15, 0.2) is 64.5 Å². The molecule has 0 saturated heterocycles. The van der Waals surface area contributed by atoms with Crippen molar-refractivity contribution >= 4 is 34.9 Å². The van der Waals surface area contributed by atoms with Crippen LogP contribution in [-0.2, 0) is 20.8 Å². The molecule has 1 aromatic carbocycles. The number of aromatic nitrogens is 1. The topological polar surface area (TPSA) is 90.2 Å². The van der Waals surface area contributed by atoms with Gasteiger partial charge in [-0.05, 0) is 0 Å². The first kappa shape index (κ1) is 24.8. The molecule has 4 rings (SSSR count). The molecule has 2 aliphatic rings. The molecule has 1 N–H and O–H groups in total. The van der Waals surface area contributed by atoms with E-state index >= 15 is 0 Å². The molecule has 1 aromatic heterocycles. The van der Waals surface area contributed by atoms with Gasteiger partial charge in [-0.25, -0.2) is 0 Å². The van der Waals surface area contributed by atoms with Crippen LogP contribution >= 0.6 is 23.2 Å². The summed E-state index contributed by atoms with van der Waals surface area (Å²) < 4.78 is 11.2. The molecule has 2 bridgehead atoms. The summed E-state index contributed by atoms with van der Waals surface area (Å²) in [5.41, 5.74) is 2.45. The summed E-state index contributed by atoms with van der Waals surface area (Å²) in [5, 5.41) is 14.6. The van der Waals surface area contributed by atoms with E-state index in [0.29, 0.717) is 27.4 Å². The number of hydrogen-bond donors (Lipinski definition) is 1. The summed E-state index contributed by atoms with van der Waals surface area (Å²) in [6.07, 6.45) is 4.18. The molecule has 0 saturated carbocycles. The minimum absolute atomic E-state index is 0.0820. The number of hydrogen-bond acceptors (Lipinski definition) is 6. The van der Waals surface area contributed by atoms with Gasteiger partial charge in [0.1, 0.15) is 0 Å². The van der Waals surface area contributed by atoms with Crippen molar-refractivity contribution in [2.45, 2.75) is 40.8 Å². The number of carbonyl (C=O) groups is 1. The number of pyridine rings is 1. The molecule has 7 nitrogen and oxygen atoms in total. The van der Waals surface area contributed by atoms with E-state index in [1.165, 1.54) is 6.92 Å². The van der Waals surface area contributed by atoms with Crippen LogP contribution in [0.25, 0.3) is 0 Å². The van der Waals surface area contributed by atoms with Crippen LogP contribution in [0.2, 0.25) is 5.02 Å². The van der Waals surface area contributed by atoms with Gasteiger partial charge in [-0.3, -0.25) is 0 Å². The van der Waals surface area contributed by atoms with E-state index in [1.807, 2.05) is 12.1 Å². The number of fused-ring (bicyclic) bond motifs is 2. The molecule has 0 aliphatic carbocycles. The third-order valence-corrected chi connectivity index (χ3v) is 8.57. The molecule has 2 aromatic rings. The number of carboxylic acid groups (broad SMARTS) is 1. The normalized spacial score (nSPS) is 20.4. The average Bonchev–Trinajstić information content (AvgIpc) is 2.92. The second-order valence-corrected chi connectivity index (χ2v) is 11.7. The zero-order chi connectivity index (χ0) is 24.2. The predicted molar refractivity (Wildman–Crippen MR) is 125 cm³/mol. The van der Waals surface area contributed by atoms with E-state index in [0.717, 1.165) is 29.8 Å². The Morgan fingerprint density at radius 1 is 1.21 bits per heavy atom. The second-order valence-electron chi connectivity index (χ2n) is 7.55. The van der Waals surface area contributed by atoms with Crippen molar-refractivity contribution in [3.8, 4) is 11.6 Å². The van der Waals surface area contributed by atoms with Crippen molar-refractivity contribution in [3.63, 3.8) is 0 Å². The van der Waals surface area contributed by atoms with Crippen LogP contribution in [0.5, 0.6) is 11.6 Å². The molecule has 2 unspecified atom stereocenters. The molecular weight excluding hydrogens is 594 g/mol. The first-order chi connectivity index (χ1) is 16.3. The third kappa shape index (κ3) is 5.84. The molecule has 0 fully saturated rings. The van der Waals surface area contributed by atoms with Crippen molar-refractivity contribution in [1.29, 1.82) is 0 Å². The van der Waals surface area contributed by atoms with Gasteiger partial charge in [0.2, 0.25) is 0 Å². The Bertz CT molecular complexity index is 1170. The van der Waals surface area contributed by atoms with Crippen LogP contribution < -0.4 is 25.9 Å². The van der Waals surface area contributed by atoms with Crippen LogP contribution in [-0.4, -0.2) is 35.9 Å². The number of aryl methyl sites for hydroxylation is 1. The first-order valence-corrected chi connectivity index (χ1v) is 13.9. The van der Waals surface area contributed by atoms with Crippen molar-refractivity contribution in [3.05, 3.63) is 75.6 Å². The number of rotatable bonds is 8. The van der Waals surface area contributed by atoms with Gasteiger partial charge in [-0.1, -0.05) is 0 Å². The number of halogens is 3. The summed E-state index contributed by atoms with van der Waals surface area (Å²) in [5.74, 6) is 0.374. The Kier molecular flexibility index (Phi) is 8.00. The number of ether oxygens (including phenoxy) is 2. The number of allylic oxidation sites excluding steroid dienone is 2. The number of oxime groups is 1. The van der Waals surface area contributed by atoms with E-state index in [-0.39, 0.29) is 8.04 Å². The molecule has 0 radical (unpaired) electrons. The molecular formula is C24H22Cl2IN2O5-. The van der Waals surface area contributed by atoms with Crippen LogP contribution in [0.1, 0.15) is 31.5 Å². The van der Waals surface area contributed by atoms with Crippen molar-refractivity contribution in [1.82, 2.24) is 4.98 Å². The first-order valence-electron chi connectivity index (χ1n) is 10.6. The predicted octanol–water partition coefficient (Wildman–Crippen LogP) is 2.51. The number of carboxylic acids is 1. The number of alkyl halides is 2. The maximum absolute atomic E-state index is 11.3. The fraction of sp³-hybridized carbons (Fsp3) is 0.292. The van der Waals surface area contributed by atoms with Gasteiger partial charge >= 0.3 is 219 Å². The summed E-state index contributed by atoms with van der Waals surface area (Å²) in [4.78, 5) is 21.8. The number of aliphatic carboxylic acids is 1. The van der Waals surface area contributed by atoms with E-state index in [1.54, 1.807) is 36.4 Å². The Labute approximate surface area is 217 Å². The Morgan fingerprint density at radius 3 is 2.68 bits per heavy atom. The molecule has 2 aliphatic heterocycles. The van der Waals surface area contributed by atoms with Gasteiger partial charge in [-0.2, -0.15) is 0 Å². The molecule has 3 heterocycles. The van der Waals surface area contributed by atoms with Crippen molar-refractivity contribution in [2.75, 3.05) is 0 Å². The Balaban J connectivity index is 1.65. The maximum atomic E-state index is 11.3.